The van der Waals surface area contributed by atoms with E-state index in [0.717, 1.165) is 22.9 Å². The summed E-state index contributed by atoms with van der Waals surface area (Å²) in [6.07, 6.45) is 1.33. The number of primary sulfonamides is 1. The zero-order chi connectivity index (χ0) is 19.6. The number of fused-ring (bicyclic) bond motifs is 1. The highest BCUT2D eigenvalue weighted by Crippen LogP contribution is 2.28. The third kappa shape index (κ3) is 3.86. The number of phenolic OH excluding ortho intramolecular Hbond substituents is 1. The molecule has 0 amide bonds. The second kappa shape index (κ2) is 7.02. The molecule has 0 aromatic heterocycles. The Morgan fingerprint density at radius 1 is 1.15 bits per heavy atom. The lowest BCUT2D eigenvalue weighted by Crippen LogP contribution is -2.12. The number of hydrazone groups is 1. The first-order valence-corrected chi connectivity index (χ1v) is 9.13. The summed E-state index contributed by atoms with van der Waals surface area (Å²) in [7, 11) is -4.07. The molecule has 0 saturated heterocycles. The molecule has 0 spiro atoms. The van der Waals surface area contributed by atoms with Gasteiger partial charge in [-0.05, 0) is 29.0 Å². The number of rotatable bonds is 5. The molecule has 3 aromatic rings. The van der Waals surface area contributed by atoms with E-state index in [0.29, 0.717) is 5.56 Å². The Balaban J connectivity index is 1.96. The molecule has 9 nitrogen and oxygen atoms in total. The molecule has 0 fully saturated rings. The molecule has 0 saturated carbocycles. The average molecular weight is 386 g/mol. The van der Waals surface area contributed by atoms with Gasteiger partial charge in [-0.1, -0.05) is 30.3 Å². The molecule has 0 bridgehead atoms. The van der Waals surface area contributed by atoms with Crippen LogP contribution in [0.15, 0.2) is 64.6 Å². The van der Waals surface area contributed by atoms with Gasteiger partial charge in [0.15, 0.2) is 0 Å². The summed E-state index contributed by atoms with van der Waals surface area (Å²) < 4.78 is 22.7. The van der Waals surface area contributed by atoms with Crippen molar-refractivity contribution in [1.29, 1.82) is 0 Å². The van der Waals surface area contributed by atoms with Crippen LogP contribution in [0.4, 0.5) is 11.4 Å². The minimum Gasteiger partial charge on any atom is -0.507 e. The Morgan fingerprint density at radius 2 is 1.89 bits per heavy atom. The van der Waals surface area contributed by atoms with Gasteiger partial charge in [0, 0.05) is 11.6 Å². The van der Waals surface area contributed by atoms with Crippen LogP contribution in [0.1, 0.15) is 5.56 Å². The number of hydrogen-bond donors (Lipinski definition) is 3. The Labute approximate surface area is 153 Å². The molecule has 4 N–H and O–H groups in total. The number of nitrogens with two attached hydrogens (primary N) is 1. The van der Waals surface area contributed by atoms with Gasteiger partial charge in [0.05, 0.1) is 16.0 Å². The number of anilines is 1. The first-order chi connectivity index (χ1) is 12.8. The van der Waals surface area contributed by atoms with Gasteiger partial charge >= 0.3 is 0 Å². The van der Waals surface area contributed by atoms with Crippen molar-refractivity contribution in [3.8, 4) is 5.75 Å². The summed E-state index contributed by atoms with van der Waals surface area (Å²) >= 11 is 0. The quantitative estimate of drug-likeness (QED) is 0.349. The van der Waals surface area contributed by atoms with Gasteiger partial charge in [-0.15, -0.1) is 0 Å². The predicted molar refractivity (Wildman–Crippen MR) is 101 cm³/mol. The van der Waals surface area contributed by atoms with E-state index in [4.69, 9.17) is 5.14 Å². The number of nitro groups is 1. The van der Waals surface area contributed by atoms with E-state index in [9.17, 15) is 23.6 Å². The van der Waals surface area contributed by atoms with E-state index >= 15 is 0 Å². The molecule has 3 rings (SSSR count). The Kier molecular flexibility index (Phi) is 4.75. The van der Waals surface area contributed by atoms with Crippen LogP contribution in [-0.4, -0.2) is 24.7 Å². The van der Waals surface area contributed by atoms with Crippen molar-refractivity contribution in [2.75, 3.05) is 5.43 Å². The van der Waals surface area contributed by atoms with Crippen molar-refractivity contribution >= 4 is 38.4 Å². The molecule has 0 radical (unpaired) electrons. The second-order valence-electron chi connectivity index (χ2n) is 5.57. The van der Waals surface area contributed by atoms with E-state index in [1.54, 1.807) is 12.1 Å². The van der Waals surface area contributed by atoms with Crippen LogP contribution in [0.5, 0.6) is 5.75 Å². The van der Waals surface area contributed by atoms with Crippen molar-refractivity contribution in [1.82, 2.24) is 0 Å². The maximum absolute atomic E-state index is 11.4. The fraction of sp³-hybridized carbons (Fsp3) is 0. The molecule has 0 heterocycles. The number of sulfonamides is 1. The highest BCUT2D eigenvalue weighted by Gasteiger charge is 2.18. The lowest BCUT2D eigenvalue weighted by atomic mass is 10.0. The van der Waals surface area contributed by atoms with Crippen LogP contribution in [0.2, 0.25) is 0 Å². The van der Waals surface area contributed by atoms with Crippen molar-refractivity contribution in [2.24, 2.45) is 10.2 Å². The highest BCUT2D eigenvalue weighted by molar-refractivity contribution is 7.89. The summed E-state index contributed by atoms with van der Waals surface area (Å²) in [5, 5.41) is 31.8. The summed E-state index contributed by atoms with van der Waals surface area (Å²) in [6.45, 7) is 0. The van der Waals surface area contributed by atoms with Crippen LogP contribution >= 0.6 is 0 Å². The highest BCUT2D eigenvalue weighted by atomic mass is 32.2. The molecule has 0 aliphatic rings. The number of hydrogen-bond acceptors (Lipinski definition) is 7. The van der Waals surface area contributed by atoms with Gasteiger partial charge in [-0.25, -0.2) is 13.6 Å². The molecule has 0 aliphatic carbocycles. The largest absolute Gasteiger partial charge is 0.507 e. The van der Waals surface area contributed by atoms with Gasteiger partial charge in [-0.3, -0.25) is 15.5 Å². The summed E-state index contributed by atoms with van der Waals surface area (Å²) in [5.74, 6) is -0.00155. The summed E-state index contributed by atoms with van der Waals surface area (Å²) in [4.78, 5) is 10.1. The minimum absolute atomic E-state index is 0.00155. The third-order valence-corrected chi connectivity index (χ3v) is 4.73. The number of aromatic hydroxyl groups is 1. The fourth-order valence-corrected chi connectivity index (χ4v) is 3.05. The molecular weight excluding hydrogens is 372 g/mol. The predicted octanol–water partition coefficient (Wildman–Crippen LogP) is 2.55. The third-order valence-electron chi connectivity index (χ3n) is 3.82. The van der Waals surface area contributed by atoms with Crippen molar-refractivity contribution in [2.45, 2.75) is 4.90 Å². The van der Waals surface area contributed by atoms with E-state index < -0.39 is 20.6 Å². The smallest absolute Gasteiger partial charge is 0.295 e. The topological polar surface area (TPSA) is 148 Å². The van der Waals surface area contributed by atoms with E-state index in [1.807, 2.05) is 18.2 Å². The molecule has 3 aromatic carbocycles. The van der Waals surface area contributed by atoms with Crippen LogP contribution in [0.3, 0.4) is 0 Å². The lowest BCUT2D eigenvalue weighted by molar-refractivity contribution is -0.384. The van der Waals surface area contributed by atoms with E-state index in [1.165, 1.54) is 18.3 Å². The molecule has 27 heavy (non-hydrogen) atoms. The first-order valence-electron chi connectivity index (χ1n) is 7.58. The molecule has 138 valence electrons. The monoisotopic (exact) mass is 386 g/mol. The van der Waals surface area contributed by atoms with Crippen LogP contribution in [0.25, 0.3) is 10.8 Å². The first kappa shape index (κ1) is 18.3. The second-order valence-corrected chi connectivity index (χ2v) is 7.13. The van der Waals surface area contributed by atoms with E-state index in [-0.39, 0.29) is 16.3 Å². The number of nitrogens with one attached hydrogen (secondary N) is 1. The summed E-state index contributed by atoms with van der Waals surface area (Å²) in [6, 6.07) is 13.8. The van der Waals surface area contributed by atoms with Gasteiger partial charge in [0.2, 0.25) is 10.0 Å². The number of nitrogens with zero attached hydrogens (tertiary/aromatic N) is 2. The molecule has 0 aliphatic heterocycles. The molecule has 0 unspecified atom stereocenters. The normalized spacial score (nSPS) is 11.7. The average Bonchev–Trinajstić information content (AvgIpc) is 2.62. The summed E-state index contributed by atoms with van der Waals surface area (Å²) in [5.41, 5.74) is 2.41. The molecule has 0 atom stereocenters. The van der Waals surface area contributed by atoms with E-state index in [2.05, 4.69) is 10.5 Å². The Morgan fingerprint density at radius 3 is 2.59 bits per heavy atom. The maximum atomic E-state index is 11.4. The fourth-order valence-electron chi connectivity index (χ4n) is 2.52. The lowest BCUT2D eigenvalue weighted by Gasteiger charge is -2.06. The number of nitro benzene ring substituents is 1. The van der Waals surface area contributed by atoms with Gasteiger partial charge in [0.1, 0.15) is 11.4 Å². The van der Waals surface area contributed by atoms with Crippen molar-refractivity contribution in [3.05, 3.63) is 70.3 Å². The standard InChI is InChI=1S/C17H14N4O5S/c18-27(25,26)12-6-7-15(16(9-12)21(23)24)20-19-10-14-13-4-2-1-3-11(13)5-8-17(14)22/h1-10,20,22H,(H2,18,25,26)/b19-10+. The Bertz CT molecular complexity index is 1180. The number of phenols is 1. The molecule has 10 heteroatoms. The Hall–Kier alpha value is -3.50. The minimum atomic E-state index is -4.07. The number of benzene rings is 3. The zero-order valence-electron chi connectivity index (χ0n) is 13.7. The SMILES string of the molecule is NS(=O)(=O)c1ccc(N/N=C/c2c(O)ccc3ccccc23)c([N+](=O)[O-])c1. The van der Waals surface area contributed by atoms with Gasteiger partial charge in [-0.2, -0.15) is 5.10 Å². The van der Waals surface area contributed by atoms with Gasteiger partial charge in [0.25, 0.3) is 5.69 Å². The zero-order valence-corrected chi connectivity index (χ0v) is 14.6. The van der Waals surface area contributed by atoms with Crippen LogP contribution in [0, 0.1) is 10.1 Å². The van der Waals surface area contributed by atoms with Crippen molar-refractivity contribution < 1.29 is 18.4 Å². The maximum Gasteiger partial charge on any atom is 0.295 e. The van der Waals surface area contributed by atoms with Crippen LogP contribution in [-0.2, 0) is 10.0 Å². The van der Waals surface area contributed by atoms with Crippen molar-refractivity contribution in [3.63, 3.8) is 0 Å². The molecular formula is C17H14N4O5S. The van der Waals surface area contributed by atoms with Gasteiger partial charge < -0.3 is 5.11 Å². The van der Waals surface area contributed by atoms with Crippen LogP contribution < -0.4 is 10.6 Å².